The third-order valence-electron chi connectivity index (χ3n) is 2.91. The summed E-state index contributed by atoms with van der Waals surface area (Å²) in [7, 11) is 0. The first-order chi connectivity index (χ1) is 10.2. The van der Waals surface area contributed by atoms with Crippen LogP contribution in [0.2, 0.25) is 0 Å². The highest BCUT2D eigenvalue weighted by atomic mass is 16.5. The highest BCUT2D eigenvalue weighted by Gasteiger charge is 2.08. The summed E-state index contributed by atoms with van der Waals surface area (Å²) < 4.78 is 11.6. The summed E-state index contributed by atoms with van der Waals surface area (Å²) in [6, 6.07) is 15.1. The largest absolute Gasteiger partial charge is 0.489 e. The molecule has 21 heavy (non-hydrogen) atoms. The number of aldehydes is 1. The summed E-state index contributed by atoms with van der Waals surface area (Å²) in [5, 5.41) is 0. The number of carbonyl (C=O) groups is 1. The van der Waals surface area contributed by atoms with Crippen LogP contribution in [-0.2, 0) is 6.61 Å². The summed E-state index contributed by atoms with van der Waals surface area (Å²) in [5.41, 5.74) is 1.65. The molecule has 3 heteroatoms. The molecule has 0 saturated heterocycles. The van der Waals surface area contributed by atoms with Crippen LogP contribution < -0.4 is 9.47 Å². The van der Waals surface area contributed by atoms with E-state index in [9.17, 15) is 4.79 Å². The van der Waals surface area contributed by atoms with Crippen LogP contribution in [0.15, 0.2) is 48.5 Å². The number of hydrogen-bond acceptors (Lipinski definition) is 3. The Bertz CT molecular complexity index is 576. The van der Waals surface area contributed by atoms with Gasteiger partial charge in [0.1, 0.15) is 12.9 Å². The quantitative estimate of drug-likeness (QED) is 0.718. The van der Waals surface area contributed by atoms with E-state index in [0.29, 0.717) is 36.2 Å². The first-order valence-corrected chi connectivity index (χ1v) is 7.08. The van der Waals surface area contributed by atoms with Crippen LogP contribution >= 0.6 is 0 Å². The molecule has 0 aromatic heterocycles. The van der Waals surface area contributed by atoms with Crippen LogP contribution in [0.1, 0.15) is 29.8 Å². The SMILES string of the molecule is CC(C)COc1ccc(C=O)cc1OCc1ccccc1. The second-order valence-corrected chi connectivity index (χ2v) is 5.30. The Kier molecular flexibility index (Phi) is 5.38. The van der Waals surface area contributed by atoms with Crippen LogP contribution in [-0.4, -0.2) is 12.9 Å². The molecule has 0 spiro atoms. The van der Waals surface area contributed by atoms with E-state index in [-0.39, 0.29) is 0 Å². The van der Waals surface area contributed by atoms with Gasteiger partial charge in [0.15, 0.2) is 11.5 Å². The van der Waals surface area contributed by atoms with Gasteiger partial charge in [-0.3, -0.25) is 4.79 Å². The van der Waals surface area contributed by atoms with Crippen LogP contribution in [0, 0.1) is 5.92 Å². The van der Waals surface area contributed by atoms with Gasteiger partial charge in [-0.2, -0.15) is 0 Å². The number of hydrogen-bond donors (Lipinski definition) is 0. The van der Waals surface area contributed by atoms with E-state index < -0.39 is 0 Å². The standard InChI is InChI=1S/C18H20O3/c1-14(2)12-20-17-9-8-16(11-19)10-18(17)21-13-15-6-4-3-5-7-15/h3-11,14H,12-13H2,1-2H3. The third kappa shape index (κ3) is 4.63. The van der Waals surface area contributed by atoms with Crippen molar-refractivity contribution in [2.24, 2.45) is 5.92 Å². The van der Waals surface area contributed by atoms with Crippen molar-refractivity contribution in [3.05, 3.63) is 59.7 Å². The second kappa shape index (κ2) is 7.48. The van der Waals surface area contributed by atoms with Crippen molar-refractivity contribution in [3.63, 3.8) is 0 Å². The third-order valence-corrected chi connectivity index (χ3v) is 2.91. The van der Waals surface area contributed by atoms with E-state index in [1.807, 2.05) is 30.3 Å². The van der Waals surface area contributed by atoms with Crippen molar-refractivity contribution in [1.82, 2.24) is 0 Å². The second-order valence-electron chi connectivity index (χ2n) is 5.30. The lowest BCUT2D eigenvalue weighted by Gasteiger charge is -2.14. The van der Waals surface area contributed by atoms with Crippen LogP contribution in [0.5, 0.6) is 11.5 Å². The van der Waals surface area contributed by atoms with Crippen molar-refractivity contribution in [2.45, 2.75) is 20.5 Å². The topological polar surface area (TPSA) is 35.5 Å². The summed E-state index contributed by atoms with van der Waals surface area (Å²) in [4.78, 5) is 10.9. The minimum Gasteiger partial charge on any atom is -0.489 e. The average Bonchev–Trinajstić information content (AvgIpc) is 2.52. The number of carbonyl (C=O) groups excluding carboxylic acids is 1. The highest BCUT2D eigenvalue weighted by Crippen LogP contribution is 2.29. The maximum atomic E-state index is 10.9. The van der Waals surface area contributed by atoms with Gasteiger partial charge in [0.2, 0.25) is 0 Å². The molecule has 0 amide bonds. The molecule has 0 atom stereocenters. The lowest BCUT2D eigenvalue weighted by atomic mass is 10.2. The number of ether oxygens (including phenoxy) is 2. The van der Waals surface area contributed by atoms with E-state index >= 15 is 0 Å². The van der Waals surface area contributed by atoms with Gasteiger partial charge < -0.3 is 9.47 Å². The molecule has 0 radical (unpaired) electrons. The Balaban J connectivity index is 2.12. The molecule has 0 N–H and O–H groups in total. The average molecular weight is 284 g/mol. The molecular weight excluding hydrogens is 264 g/mol. The molecular formula is C18H20O3. The van der Waals surface area contributed by atoms with E-state index in [1.165, 1.54) is 0 Å². The predicted molar refractivity (Wildman–Crippen MR) is 82.9 cm³/mol. The molecule has 0 saturated carbocycles. The zero-order chi connectivity index (χ0) is 15.1. The van der Waals surface area contributed by atoms with Crippen molar-refractivity contribution in [3.8, 4) is 11.5 Å². The highest BCUT2D eigenvalue weighted by molar-refractivity contribution is 5.76. The normalized spacial score (nSPS) is 10.4. The van der Waals surface area contributed by atoms with Gasteiger partial charge >= 0.3 is 0 Å². The maximum Gasteiger partial charge on any atom is 0.162 e. The smallest absolute Gasteiger partial charge is 0.162 e. The van der Waals surface area contributed by atoms with Crippen LogP contribution in [0.4, 0.5) is 0 Å². The summed E-state index contributed by atoms with van der Waals surface area (Å²) in [6.07, 6.45) is 0.807. The first kappa shape index (κ1) is 15.1. The lowest BCUT2D eigenvalue weighted by molar-refractivity contribution is 0.112. The molecule has 0 fully saturated rings. The zero-order valence-corrected chi connectivity index (χ0v) is 12.4. The van der Waals surface area contributed by atoms with Crippen LogP contribution in [0.3, 0.4) is 0 Å². The Morgan fingerprint density at radius 2 is 1.76 bits per heavy atom. The number of rotatable bonds is 7. The molecule has 0 aliphatic carbocycles. The fourth-order valence-corrected chi connectivity index (χ4v) is 1.82. The van der Waals surface area contributed by atoms with Crippen molar-refractivity contribution < 1.29 is 14.3 Å². The fourth-order valence-electron chi connectivity index (χ4n) is 1.82. The van der Waals surface area contributed by atoms with Gasteiger partial charge in [-0.25, -0.2) is 0 Å². The van der Waals surface area contributed by atoms with Crippen LogP contribution in [0.25, 0.3) is 0 Å². The van der Waals surface area contributed by atoms with Gasteiger partial charge in [0, 0.05) is 5.56 Å². The summed E-state index contributed by atoms with van der Waals surface area (Å²) >= 11 is 0. The van der Waals surface area contributed by atoms with E-state index in [2.05, 4.69) is 13.8 Å². The predicted octanol–water partition coefficient (Wildman–Crippen LogP) is 4.11. The van der Waals surface area contributed by atoms with Gasteiger partial charge in [0.05, 0.1) is 6.61 Å². The molecule has 2 rings (SSSR count). The van der Waals surface area contributed by atoms with Gasteiger partial charge in [-0.15, -0.1) is 0 Å². The monoisotopic (exact) mass is 284 g/mol. The minimum atomic E-state index is 0.428. The Hall–Kier alpha value is -2.29. The van der Waals surface area contributed by atoms with Crippen molar-refractivity contribution >= 4 is 6.29 Å². The Morgan fingerprint density at radius 3 is 2.43 bits per heavy atom. The molecule has 0 aliphatic rings. The van der Waals surface area contributed by atoms with Gasteiger partial charge in [-0.05, 0) is 29.7 Å². The zero-order valence-electron chi connectivity index (χ0n) is 12.4. The molecule has 0 heterocycles. The molecule has 0 unspecified atom stereocenters. The molecule has 0 bridgehead atoms. The lowest BCUT2D eigenvalue weighted by Crippen LogP contribution is -2.06. The van der Waals surface area contributed by atoms with E-state index in [0.717, 1.165) is 11.8 Å². The van der Waals surface area contributed by atoms with Crippen molar-refractivity contribution in [2.75, 3.05) is 6.61 Å². The minimum absolute atomic E-state index is 0.428. The summed E-state index contributed by atoms with van der Waals surface area (Å²) in [5.74, 6) is 1.70. The van der Waals surface area contributed by atoms with E-state index in [1.54, 1.807) is 18.2 Å². The summed E-state index contributed by atoms with van der Waals surface area (Å²) in [6.45, 7) is 5.23. The molecule has 0 aliphatic heterocycles. The molecule has 3 nitrogen and oxygen atoms in total. The van der Waals surface area contributed by atoms with Crippen molar-refractivity contribution in [1.29, 1.82) is 0 Å². The van der Waals surface area contributed by atoms with Gasteiger partial charge in [-0.1, -0.05) is 44.2 Å². The molecule has 2 aromatic rings. The Morgan fingerprint density at radius 1 is 1.00 bits per heavy atom. The first-order valence-electron chi connectivity index (χ1n) is 7.08. The fraction of sp³-hybridized carbons (Fsp3) is 0.278. The molecule has 110 valence electrons. The number of benzene rings is 2. The maximum absolute atomic E-state index is 10.9. The molecule has 2 aromatic carbocycles. The Labute approximate surface area is 125 Å². The van der Waals surface area contributed by atoms with Gasteiger partial charge in [0.25, 0.3) is 0 Å². The van der Waals surface area contributed by atoms with E-state index in [4.69, 9.17) is 9.47 Å².